The summed E-state index contributed by atoms with van der Waals surface area (Å²) in [4.78, 5) is 0. The lowest BCUT2D eigenvalue weighted by atomic mass is 9.87. The van der Waals surface area contributed by atoms with E-state index < -0.39 is 0 Å². The van der Waals surface area contributed by atoms with Crippen LogP contribution in [0.2, 0.25) is 0 Å². The molecule has 1 fully saturated rings. The molecule has 0 saturated heterocycles. The third-order valence-corrected chi connectivity index (χ3v) is 3.71. The van der Waals surface area contributed by atoms with Crippen molar-refractivity contribution in [1.82, 2.24) is 5.32 Å². The van der Waals surface area contributed by atoms with Crippen LogP contribution in [0.3, 0.4) is 0 Å². The first-order valence-electron chi connectivity index (χ1n) is 7.63. The molecule has 0 aromatic heterocycles. The summed E-state index contributed by atoms with van der Waals surface area (Å²) in [5.74, 6) is 0.753. The van der Waals surface area contributed by atoms with Crippen LogP contribution in [0.5, 0.6) is 0 Å². The molecule has 0 radical (unpaired) electrons. The lowest BCUT2D eigenvalue weighted by Crippen LogP contribution is -2.32. The Labute approximate surface area is 117 Å². The van der Waals surface area contributed by atoms with Crippen LogP contribution in [0.25, 0.3) is 0 Å². The van der Waals surface area contributed by atoms with Crippen LogP contribution in [0.15, 0.2) is 18.2 Å². The Hall–Kier alpha value is -0.890. The van der Waals surface area contributed by atoms with E-state index in [1.165, 1.54) is 25.7 Å². The molecule has 1 N–H and O–H groups in total. The Balaban J connectivity index is 0.000000861. The summed E-state index contributed by atoms with van der Waals surface area (Å²) in [6.07, 6.45) is 5.16. The average Bonchev–Trinajstić information content (AvgIpc) is 2.39. The first kappa shape index (κ1) is 16.2. The van der Waals surface area contributed by atoms with Gasteiger partial charge in [-0.25, -0.2) is 4.39 Å². The Morgan fingerprint density at radius 1 is 1.11 bits per heavy atom. The van der Waals surface area contributed by atoms with Crippen molar-refractivity contribution in [3.05, 3.63) is 35.1 Å². The molecule has 1 nitrogen and oxygen atoms in total. The molecule has 1 saturated carbocycles. The molecule has 1 aromatic rings. The summed E-state index contributed by atoms with van der Waals surface area (Å²) >= 11 is 0. The Kier molecular flexibility index (Phi) is 7.07. The van der Waals surface area contributed by atoms with Gasteiger partial charge in [0.15, 0.2) is 0 Å². The van der Waals surface area contributed by atoms with Crippen LogP contribution in [-0.4, -0.2) is 6.04 Å². The van der Waals surface area contributed by atoms with E-state index >= 15 is 0 Å². The lowest BCUT2D eigenvalue weighted by molar-refractivity contribution is 0.306. The molecule has 0 spiro atoms. The van der Waals surface area contributed by atoms with Crippen molar-refractivity contribution in [3.63, 3.8) is 0 Å². The fourth-order valence-corrected chi connectivity index (χ4v) is 2.64. The molecule has 1 aliphatic carbocycles. The van der Waals surface area contributed by atoms with Gasteiger partial charge in [-0.1, -0.05) is 26.8 Å². The zero-order chi connectivity index (χ0) is 14.3. The van der Waals surface area contributed by atoms with Gasteiger partial charge in [0.1, 0.15) is 5.82 Å². The van der Waals surface area contributed by atoms with Crippen LogP contribution in [-0.2, 0) is 6.54 Å². The van der Waals surface area contributed by atoms with E-state index in [1.807, 2.05) is 20.8 Å². The number of aryl methyl sites for hydroxylation is 1. The number of halogens is 1. The van der Waals surface area contributed by atoms with E-state index in [2.05, 4.69) is 18.3 Å². The summed E-state index contributed by atoms with van der Waals surface area (Å²) in [7, 11) is 0. The maximum atomic E-state index is 13.2. The van der Waals surface area contributed by atoms with Gasteiger partial charge in [0.25, 0.3) is 0 Å². The van der Waals surface area contributed by atoms with E-state index in [0.29, 0.717) is 6.04 Å². The second kappa shape index (κ2) is 8.31. The number of hydrogen-bond acceptors (Lipinski definition) is 1. The molecule has 0 atom stereocenters. The third kappa shape index (κ3) is 5.73. The fraction of sp³-hybridized carbons (Fsp3) is 0.647. The molecule has 1 aliphatic rings. The van der Waals surface area contributed by atoms with E-state index in [-0.39, 0.29) is 5.82 Å². The van der Waals surface area contributed by atoms with E-state index in [4.69, 9.17) is 0 Å². The van der Waals surface area contributed by atoms with E-state index in [1.54, 1.807) is 12.1 Å². The van der Waals surface area contributed by atoms with Gasteiger partial charge < -0.3 is 5.32 Å². The van der Waals surface area contributed by atoms with Crippen LogP contribution in [0.4, 0.5) is 4.39 Å². The predicted octanol–water partition coefficient (Wildman–Crippen LogP) is 4.83. The van der Waals surface area contributed by atoms with Crippen molar-refractivity contribution < 1.29 is 4.39 Å². The maximum absolute atomic E-state index is 13.2. The zero-order valence-electron chi connectivity index (χ0n) is 12.8. The topological polar surface area (TPSA) is 12.0 Å². The summed E-state index contributed by atoms with van der Waals surface area (Å²) in [5.41, 5.74) is 2.06. The SMILES string of the molecule is CC.Cc1cc(F)cc(CNC2CCC(C)CC2)c1. The first-order valence-corrected chi connectivity index (χ1v) is 7.63. The van der Waals surface area contributed by atoms with Gasteiger partial charge in [-0.05, 0) is 61.8 Å². The van der Waals surface area contributed by atoms with Gasteiger partial charge in [-0.2, -0.15) is 0 Å². The van der Waals surface area contributed by atoms with Gasteiger partial charge in [0.05, 0.1) is 0 Å². The molecule has 0 aliphatic heterocycles. The van der Waals surface area contributed by atoms with E-state index in [9.17, 15) is 4.39 Å². The largest absolute Gasteiger partial charge is 0.310 e. The molecule has 1 aromatic carbocycles. The van der Waals surface area contributed by atoms with Gasteiger partial charge in [0.2, 0.25) is 0 Å². The molecular weight excluding hydrogens is 237 g/mol. The average molecular weight is 265 g/mol. The van der Waals surface area contributed by atoms with E-state index in [0.717, 1.165) is 23.6 Å². The molecule has 0 bridgehead atoms. The highest BCUT2D eigenvalue weighted by atomic mass is 19.1. The minimum Gasteiger partial charge on any atom is -0.310 e. The van der Waals surface area contributed by atoms with Gasteiger partial charge in [0, 0.05) is 12.6 Å². The van der Waals surface area contributed by atoms with Gasteiger partial charge in [-0.3, -0.25) is 0 Å². The number of hydrogen-bond donors (Lipinski definition) is 1. The second-order valence-electron chi connectivity index (χ2n) is 5.47. The minimum absolute atomic E-state index is 0.126. The van der Waals surface area contributed by atoms with Crippen molar-refractivity contribution in [2.45, 2.75) is 66.0 Å². The molecule has 2 rings (SSSR count). The van der Waals surface area contributed by atoms with Crippen LogP contribution in [0, 0.1) is 18.7 Å². The second-order valence-corrected chi connectivity index (χ2v) is 5.47. The van der Waals surface area contributed by atoms with Crippen molar-refractivity contribution in [2.75, 3.05) is 0 Å². The van der Waals surface area contributed by atoms with Crippen LogP contribution >= 0.6 is 0 Å². The number of rotatable bonds is 3. The summed E-state index contributed by atoms with van der Waals surface area (Å²) in [6.45, 7) is 9.05. The van der Waals surface area contributed by atoms with Crippen molar-refractivity contribution >= 4 is 0 Å². The zero-order valence-corrected chi connectivity index (χ0v) is 12.8. The maximum Gasteiger partial charge on any atom is 0.123 e. The van der Waals surface area contributed by atoms with Crippen molar-refractivity contribution in [1.29, 1.82) is 0 Å². The summed E-state index contributed by atoms with van der Waals surface area (Å²) < 4.78 is 13.2. The van der Waals surface area contributed by atoms with Crippen LogP contribution < -0.4 is 5.32 Å². The standard InChI is InChI=1S/C15H22FN.C2H6/c1-11-3-5-15(6-4-11)17-10-13-7-12(2)8-14(16)9-13;1-2/h7-9,11,15,17H,3-6,10H2,1-2H3;1-2H3. The Morgan fingerprint density at radius 3 is 2.32 bits per heavy atom. The monoisotopic (exact) mass is 265 g/mol. The molecule has 108 valence electrons. The molecule has 19 heavy (non-hydrogen) atoms. The lowest BCUT2D eigenvalue weighted by Gasteiger charge is -2.27. The fourth-order valence-electron chi connectivity index (χ4n) is 2.64. The first-order chi connectivity index (χ1) is 9.13. The highest BCUT2D eigenvalue weighted by Gasteiger charge is 2.17. The van der Waals surface area contributed by atoms with Crippen molar-refractivity contribution in [2.24, 2.45) is 5.92 Å². The summed E-state index contributed by atoms with van der Waals surface area (Å²) in [5, 5.41) is 3.55. The predicted molar refractivity (Wildman–Crippen MR) is 80.7 cm³/mol. The molecular formula is C17H28FN. The molecule has 0 heterocycles. The Bertz CT molecular complexity index is 347. The van der Waals surface area contributed by atoms with Gasteiger partial charge >= 0.3 is 0 Å². The smallest absolute Gasteiger partial charge is 0.123 e. The highest BCUT2D eigenvalue weighted by Crippen LogP contribution is 2.23. The summed E-state index contributed by atoms with van der Waals surface area (Å²) in [6, 6.07) is 5.88. The molecule has 0 amide bonds. The van der Waals surface area contributed by atoms with Crippen LogP contribution in [0.1, 0.15) is 57.6 Å². The quantitative estimate of drug-likeness (QED) is 0.825. The normalized spacial score (nSPS) is 22.6. The third-order valence-electron chi connectivity index (χ3n) is 3.71. The molecule has 2 heteroatoms. The number of benzene rings is 1. The highest BCUT2D eigenvalue weighted by molar-refractivity contribution is 5.23. The number of nitrogens with one attached hydrogen (secondary N) is 1. The molecule has 0 unspecified atom stereocenters. The van der Waals surface area contributed by atoms with Gasteiger partial charge in [-0.15, -0.1) is 0 Å². The minimum atomic E-state index is -0.126. The Morgan fingerprint density at radius 2 is 1.74 bits per heavy atom. The van der Waals surface area contributed by atoms with Crippen molar-refractivity contribution in [3.8, 4) is 0 Å².